The molecule has 10 atom stereocenters. The molecule has 2 fully saturated rings. The molecule has 10 unspecified atom stereocenters. The summed E-state index contributed by atoms with van der Waals surface area (Å²) in [5, 5.41) is 54.6. The number of carboxylic acid groups (broad SMARTS) is 1. The third kappa shape index (κ3) is 6.89. The molecule has 0 aromatic rings. The van der Waals surface area contributed by atoms with Crippen molar-refractivity contribution in [2.45, 2.75) is 122 Å². The average molecular weight is 508 g/mol. The summed E-state index contributed by atoms with van der Waals surface area (Å²) in [4.78, 5) is 24.0. The molecule has 2 heterocycles. The molecule has 0 aromatic heterocycles. The maximum absolute atomic E-state index is 12.0. The van der Waals surface area contributed by atoms with Gasteiger partial charge in [-0.15, -0.1) is 0 Å². The van der Waals surface area contributed by atoms with Gasteiger partial charge in [-0.25, -0.2) is 4.79 Å². The van der Waals surface area contributed by atoms with Gasteiger partial charge in [0.2, 0.25) is 5.91 Å². The van der Waals surface area contributed by atoms with Gasteiger partial charge in [-0.05, 0) is 32.6 Å². The van der Waals surface area contributed by atoms with E-state index in [0.717, 1.165) is 0 Å². The van der Waals surface area contributed by atoms with Crippen LogP contribution in [0.25, 0.3) is 0 Å². The molecule has 0 aromatic carbocycles. The van der Waals surface area contributed by atoms with Crippen molar-refractivity contribution in [3.63, 3.8) is 0 Å². The number of aliphatic carboxylic acids is 1. The van der Waals surface area contributed by atoms with Crippen molar-refractivity contribution in [3.8, 4) is 0 Å². The van der Waals surface area contributed by atoms with Gasteiger partial charge < -0.3 is 49.8 Å². The molecule has 0 spiro atoms. The second kappa shape index (κ2) is 11.3. The van der Waals surface area contributed by atoms with Crippen molar-refractivity contribution in [3.05, 3.63) is 0 Å². The normalized spacial score (nSPS) is 38.7. The van der Waals surface area contributed by atoms with E-state index in [-0.39, 0.29) is 0 Å². The standard InChI is InChI=1S/C23H41NO11/c1-8-23(6,7)19-12(24-10(2)26)16(13(27)11(9-25)32-19)33-21-15(29)14(28)17(35-22(3,4)5)18(34-21)20(30)31/h11-19,21,25,27-29H,8-9H2,1-7H3,(H,24,26)(H,30,31). The number of aliphatic hydroxyl groups is 4. The highest BCUT2D eigenvalue weighted by atomic mass is 16.7. The number of hydrogen-bond donors (Lipinski definition) is 6. The zero-order valence-corrected chi connectivity index (χ0v) is 21.4. The molecule has 1 amide bonds. The van der Waals surface area contributed by atoms with E-state index >= 15 is 0 Å². The Morgan fingerprint density at radius 3 is 2.03 bits per heavy atom. The second-order valence-electron chi connectivity index (χ2n) is 10.9. The molecule has 0 aliphatic carbocycles. The monoisotopic (exact) mass is 507 g/mol. The molecular formula is C23H41NO11. The molecule has 12 nitrogen and oxygen atoms in total. The number of hydrogen-bond acceptors (Lipinski definition) is 10. The molecule has 2 saturated heterocycles. The lowest BCUT2D eigenvalue weighted by Crippen LogP contribution is -2.70. The van der Waals surface area contributed by atoms with Gasteiger partial charge in [-0.3, -0.25) is 4.79 Å². The van der Waals surface area contributed by atoms with E-state index in [1.54, 1.807) is 20.8 Å². The second-order valence-corrected chi connectivity index (χ2v) is 10.9. The summed E-state index contributed by atoms with van der Waals surface area (Å²) in [6.07, 6.45) is -12.2. The maximum Gasteiger partial charge on any atom is 0.335 e. The molecule has 204 valence electrons. The first kappa shape index (κ1) is 29.8. The Bertz CT molecular complexity index is 739. The fraction of sp³-hybridized carbons (Fsp3) is 0.913. The number of ether oxygens (including phenoxy) is 4. The van der Waals surface area contributed by atoms with Crippen LogP contribution in [0.5, 0.6) is 0 Å². The van der Waals surface area contributed by atoms with Crippen molar-refractivity contribution in [2.75, 3.05) is 6.61 Å². The highest BCUT2D eigenvalue weighted by Crippen LogP contribution is 2.38. The molecular weight excluding hydrogens is 466 g/mol. The molecule has 35 heavy (non-hydrogen) atoms. The fourth-order valence-electron chi connectivity index (χ4n) is 4.37. The topological polar surface area (TPSA) is 184 Å². The lowest BCUT2D eigenvalue weighted by Gasteiger charge is -2.51. The van der Waals surface area contributed by atoms with E-state index in [1.165, 1.54) is 6.92 Å². The number of nitrogens with one attached hydrogen (secondary N) is 1. The van der Waals surface area contributed by atoms with Crippen LogP contribution in [0.3, 0.4) is 0 Å². The first-order valence-corrected chi connectivity index (χ1v) is 11.8. The van der Waals surface area contributed by atoms with E-state index < -0.39 is 90.7 Å². The van der Waals surface area contributed by atoms with Gasteiger partial charge >= 0.3 is 5.97 Å². The van der Waals surface area contributed by atoms with Gasteiger partial charge in [-0.2, -0.15) is 0 Å². The molecule has 2 aliphatic heterocycles. The van der Waals surface area contributed by atoms with Crippen LogP contribution in [-0.2, 0) is 28.5 Å². The van der Waals surface area contributed by atoms with Gasteiger partial charge in [0.05, 0.1) is 24.4 Å². The van der Waals surface area contributed by atoms with Crippen LogP contribution in [0.2, 0.25) is 0 Å². The maximum atomic E-state index is 12.0. The van der Waals surface area contributed by atoms with Gasteiger partial charge in [0.15, 0.2) is 12.4 Å². The Balaban J connectivity index is 2.41. The molecule has 0 bridgehead atoms. The van der Waals surface area contributed by atoms with E-state index in [1.807, 2.05) is 20.8 Å². The summed E-state index contributed by atoms with van der Waals surface area (Å²) in [5.41, 5.74) is -1.39. The van der Waals surface area contributed by atoms with Crippen LogP contribution >= 0.6 is 0 Å². The fourth-order valence-corrected chi connectivity index (χ4v) is 4.37. The quantitative estimate of drug-likeness (QED) is 0.240. The van der Waals surface area contributed by atoms with Crippen LogP contribution < -0.4 is 5.32 Å². The Morgan fingerprint density at radius 1 is 0.971 bits per heavy atom. The van der Waals surface area contributed by atoms with Gasteiger partial charge in [-0.1, -0.05) is 20.8 Å². The Hall–Kier alpha value is -1.38. The van der Waals surface area contributed by atoms with Gasteiger partial charge in [0, 0.05) is 6.92 Å². The highest BCUT2D eigenvalue weighted by Gasteiger charge is 2.55. The zero-order chi connectivity index (χ0) is 26.9. The first-order valence-electron chi connectivity index (χ1n) is 11.8. The number of rotatable bonds is 8. The number of carbonyl (C=O) groups is 2. The molecule has 2 aliphatic rings. The van der Waals surface area contributed by atoms with E-state index in [2.05, 4.69) is 5.32 Å². The molecule has 12 heteroatoms. The van der Waals surface area contributed by atoms with Crippen LogP contribution in [0.4, 0.5) is 0 Å². The zero-order valence-electron chi connectivity index (χ0n) is 21.4. The Morgan fingerprint density at radius 2 is 1.57 bits per heavy atom. The minimum Gasteiger partial charge on any atom is -0.479 e. The third-order valence-electron chi connectivity index (χ3n) is 6.52. The Kier molecular flexibility index (Phi) is 9.67. The van der Waals surface area contributed by atoms with Crippen LogP contribution in [0.1, 0.15) is 54.9 Å². The van der Waals surface area contributed by atoms with Crippen LogP contribution in [-0.4, -0.2) is 111 Å². The molecule has 2 rings (SSSR count). The SMILES string of the molecule is CCC(C)(C)C1OC(CO)C(O)C(OC2OC(C(=O)O)C(OC(C)(C)C)C(O)C2O)C1NC(C)=O. The summed E-state index contributed by atoms with van der Waals surface area (Å²) in [7, 11) is 0. The lowest BCUT2D eigenvalue weighted by molar-refractivity contribution is -0.338. The number of amides is 1. The lowest BCUT2D eigenvalue weighted by atomic mass is 9.75. The molecule has 6 N–H and O–H groups in total. The first-order chi connectivity index (χ1) is 16.0. The smallest absolute Gasteiger partial charge is 0.335 e. The summed E-state index contributed by atoms with van der Waals surface area (Å²) in [6, 6.07) is -0.944. The largest absolute Gasteiger partial charge is 0.479 e. The molecule has 0 radical (unpaired) electrons. The van der Waals surface area contributed by atoms with Crippen LogP contribution in [0, 0.1) is 5.41 Å². The number of carboxylic acids is 1. The van der Waals surface area contributed by atoms with Crippen molar-refractivity contribution in [1.82, 2.24) is 5.32 Å². The minimum atomic E-state index is -1.74. The summed E-state index contributed by atoms with van der Waals surface area (Å²) in [6.45, 7) is 11.4. The average Bonchev–Trinajstić information content (AvgIpc) is 2.74. The summed E-state index contributed by atoms with van der Waals surface area (Å²) in [5.74, 6) is -1.88. The molecule has 0 saturated carbocycles. The van der Waals surface area contributed by atoms with Gasteiger partial charge in [0.25, 0.3) is 0 Å². The van der Waals surface area contributed by atoms with Crippen LogP contribution in [0.15, 0.2) is 0 Å². The summed E-state index contributed by atoms with van der Waals surface area (Å²) < 4.78 is 23.0. The predicted molar refractivity (Wildman–Crippen MR) is 121 cm³/mol. The Labute approximate surface area is 205 Å². The third-order valence-corrected chi connectivity index (χ3v) is 6.52. The highest BCUT2D eigenvalue weighted by molar-refractivity contribution is 5.74. The van der Waals surface area contributed by atoms with E-state index in [0.29, 0.717) is 6.42 Å². The van der Waals surface area contributed by atoms with Crippen molar-refractivity contribution in [1.29, 1.82) is 0 Å². The predicted octanol–water partition coefficient (Wildman–Crippen LogP) is -0.852. The van der Waals surface area contributed by atoms with E-state index in [9.17, 15) is 35.1 Å². The van der Waals surface area contributed by atoms with Crippen molar-refractivity contribution < 1.29 is 54.1 Å². The number of carbonyl (C=O) groups excluding carboxylic acids is 1. The summed E-state index contributed by atoms with van der Waals surface area (Å²) >= 11 is 0. The van der Waals surface area contributed by atoms with Crippen molar-refractivity contribution in [2.24, 2.45) is 5.41 Å². The number of aliphatic hydroxyl groups excluding tert-OH is 4. The van der Waals surface area contributed by atoms with E-state index in [4.69, 9.17) is 18.9 Å². The minimum absolute atomic E-state index is 0.439. The van der Waals surface area contributed by atoms with Crippen molar-refractivity contribution >= 4 is 11.9 Å². The van der Waals surface area contributed by atoms with Gasteiger partial charge in [0.1, 0.15) is 36.6 Å².